The predicted octanol–water partition coefficient (Wildman–Crippen LogP) is 3.70. The van der Waals surface area contributed by atoms with Crippen LogP contribution in [0.3, 0.4) is 0 Å². The minimum atomic E-state index is -0.174. The van der Waals surface area contributed by atoms with Gasteiger partial charge in [0.05, 0.1) is 4.83 Å². The highest BCUT2D eigenvalue weighted by Crippen LogP contribution is 2.48. The molecule has 0 saturated heterocycles. The highest BCUT2D eigenvalue weighted by Gasteiger charge is 2.44. The molecule has 2 bridgehead atoms. The van der Waals surface area contributed by atoms with Gasteiger partial charge in [0.2, 0.25) is 0 Å². The lowest BCUT2D eigenvalue weighted by molar-refractivity contribution is 0.426. The van der Waals surface area contributed by atoms with Crippen molar-refractivity contribution in [2.24, 2.45) is 5.73 Å². The maximum absolute atomic E-state index is 6.67. The van der Waals surface area contributed by atoms with Crippen LogP contribution in [0.25, 0.3) is 0 Å². The molecule has 1 fully saturated rings. The fourth-order valence-electron chi connectivity index (χ4n) is 3.52. The molecule has 2 nitrogen and oxygen atoms in total. The second kappa shape index (κ2) is 5.47. The monoisotopic (exact) mass is 398 g/mol. The van der Waals surface area contributed by atoms with Crippen molar-refractivity contribution >= 4 is 31.9 Å². The first-order valence-corrected chi connectivity index (χ1v) is 9.19. The van der Waals surface area contributed by atoms with Crippen LogP contribution in [-0.4, -0.2) is 22.2 Å². The number of hydrogen-bond donors (Lipinski definition) is 2. The minimum Gasteiger partial charge on any atom is -0.382 e. The molecule has 3 rings (SSSR count). The van der Waals surface area contributed by atoms with Gasteiger partial charge in [-0.15, -0.1) is 0 Å². The van der Waals surface area contributed by atoms with Gasteiger partial charge in [-0.3, -0.25) is 0 Å². The zero-order valence-corrected chi connectivity index (χ0v) is 14.9. The van der Waals surface area contributed by atoms with Gasteiger partial charge < -0.3 is 11.1 Å². The molecule has 20 heavy (non-hydrogen) atoms. The van der Waals surface area contributed by atoms with Crippen LogP contribution >= 0.6 is 31.9 Å². The maximum atomic E-state index is 6.67. The van der Waals surface area contributed by atoms with Crippen LogP contribution in [-0.2, 0) is 0 Å². The summed E-state index contributed by atoms with van der Waals surface area (Å²) < 4.78 is 0. The molecule has 1 heterocycles. The van der Waals surface area contributed by atoms with Crippen molar-refractivity contribution in [1.29, 1.82) is 0 Å². The molecule has 4 heteroatoms. The second-order valence-electron chi connectivity index (χ2n) is 5.77. The molecule has 1 saturated carbocycles. The van der Waals surface area contributed by atoms with E-state index in [9.17, 15) is 0 Å². The summed E-state index contributed by atoms with van der Waals surface area (Å²) in [6.45, 7) is 3.07. The van der Waals surface area contributed by atoms with E-state index in [-0.39, 0.29) is 5.54 Å². The first kappa shape index (κ1) is 14.6. The molecule has 1 unspecified atom stereocenters. The average molecular weight is 400 g/mol. The Morgan fingerprint density at radius 1 is 1.50 bits per heavy atom. The number of nitrogens with two attached hydrogens (primary N) is 1. The van der Waals surface area contributed by atoms with Gasteiger partial charge >= 0.3 is 0 Å². The molecule has 3 N–H and O–H groups in total. The van der Waals surface area contributed by atoms with Crippen LogP contribution in [0.4, 0.5) is 0 Å². The number of rotatable bonds is 2. The van der Waals surface area contributed by atoms with Crippen molar-refractivity contribution in [3.8, 4) is 0 Å². The van der Waals surface area contributed by atoms with Gasteiger partial charge in [-0.1, -0.05) is 50.9 Å². The average Bonchev–Trinajstić information content (AvgIpc) is 2.71. The fraction of sp³-hybridized carbons (Fsp3) is 0.500. The van der Waals surface area contributed by atoms with Crippen LogP contribution < -0.4 is 11.1 Å². The number of alkyl halides is 2. The molecule has 0 spiro atoms. The van der Waals surface area contributed by atoms with Gasteiger partial charge in [-0.25, -0.2) is 0 Å². The van der Waals surface area contributed by atoms with E-state index >= 15 is 0 Å². The predicted molar refractivity (Wildman–Crippen MR) is 92.2 cm³/mol. The summed E-state index contributed by atoms with van der Waals surface area (Å²) in [7, 11) is 0. The van der Waals surface area contributed by atoms with Gasteiger partial charge in [-0.05, 0) is 47.6 Å². The molecule has 2 aliphatic carbocycles. The van der Waals surface area contributed by atoms with Gasteiger partial charge in [0.1, 0.15) is 0 Å². The Morgan fingerprint density at radius 2 is 2.30 bits per heavy atom. The Hall–Kier alpha value is -0.320. The first-order valence-electron chi connectivity index (χ1n) is 7.15. The van der Waals surface area contributed by atoms with Gasteiger partial charge in [-0.2, -0.15) is 0 Å². The van der Waals surface area contributed by atoms with Crippen molar-refractivity contribution in [2.45, 2.75) is 36.6 Å². The Kier molecular flexibility index (Phi) is 3.99. The highest BCUT2D eigenvalue weighted by molar-refractivity contribution is 9.09. The quantitative estimate of drug-likeness (QED) is 0.694. The minimum absolute atomic E-state index is 0.174. The van der Waals surface area contributed by atoms with Crippen LogP contribution in [0.2, 0.25) is 0 Å². The second-order valence-corrected chi connectivity index (χ2v) is 7.33. The topological polar surface area (TPSA) is 38.0 Å². The van der Waals surface area contributed by atoms with E-state index in [1.165, 1.54) is 28.0 Å². The van der Waals surface area contributed by atoms with Gasteiger partial charge in [0.15, 0.2) is 0 Å². The van der Waals surface area contributed by atoms with Crippen molar-refractivity contribution in [1.82, 2.24) is 5.32 Å². The number of halogens is 2. The molecular formula is C16H20Br2N2. The standard InChI is InChI=1S/C16H20Br2N2/c1-2-12-14-7-11(15(12)18)9-16(19)8-10(3-5-17)13(16)4-6-20-14/h3-4,7,15,20H,2,5-6,8-9,19H2,1H3/b10-3-,13-4+/t15-,16?/m0/s1. The van der Waals surface area contributed by atoms with E-state index in [1.807, 2.05) is 0 Å². The van der Waals surface area contributed by atoms with Crippen molar-refractivity contribution < 1.29 is 0 Å². The molecule has 2 atom stereocenters. The third-order valence-electron chi connectivity index (χ3n) is 4.52. The molecule has 0 aromatic rings. The molecule has 0 radical (unpaired) electrons. The number of allylic oxidation sites excluding steroid dienone is 3. The van der Waals surface area contributed by atoms with E-state index in [1.54, 1.807) is 0 Å². The van der Waals surface area contributed by atoms with E-state index in [0.717, 1.165) is 31.1 Å². The lowest BCUT2D eigenvalue weighted by Gasteiger charge is -2.45. The van der Waals surface area contributed by atoms with E-state index < -0.39 is 0 Å². The molecule has 0 aromatic heterocycles. The number of hydrogen-bond acceptors (Lipinski definition) is 2. The molecule has 3 aliphatic rings. The smallest absolute Gasteiger partial charge is 0.0591 e. The summed E-state index contributed by atoms with van der Waals surface area (Å²) in [6.07, 6.45) is 9.82. The van der Waals surface area contributed by atoms with Gasteiger partial charge in [0.25, 0.3) is 0 Å². The molecule has 1 aliphatic heterocycles. The Labute approximate surface area is 137 Å². The summed E-state index contributed by atoms with van der Waals surface area (Å²) in [5.74, 6) is 0. The lowest BCUT2D eigenvalue weighted by atomic mass is 9.65. The Balaban J connectivity index is 1.93. The van der Waals surface area contributed by atoms with Crippen molar-refractivity contribution in [2.75, 3.05) is 11.9 Å². The molecule has 0 aromatic carbocycles. The van der Waals surface area contributed by atoms with E-state index in [4.69, 9.17) is 5.73 Å². The van der Waals surface area contributed by atoms with Crippen LogP contribution in [0.15, 0.2) is 46.2 Å². The molecular weight excluding hydrogens is 380 g/mol. The normalized spacial score (nSPS) is 37.0. The lowest BCUT2D eigenvalue weighted by Crippen LogP contribution is -2.51. The zero-order valence-electron chi connectivity index (χ0n) is 11.7. The Bertz CT molecular complexity index is 557. The van der Waals surface area contributed by atoms with Crippen LogP contribution in [0, 0.1) is 0 Å². The third-order valence-corrected chi connectivity index (χ3v) is 5.98. The molecule has 108 valence electrons. The fourth-order valence-corrected chi connectivity index (χ4v) is 4.78. The first-order chi connectivity index (χ1) is 9.59. The van der Waals surface area contributed by atoms with Crippen molar-refractivity contribution in [3.05, 3.63) is 46.2 Å². The summed E-state index contributed by atoms with van der Waals surface area (Å²) in [4.78, 5) is 0.360. The molecule has 0 amide bonds. The summed E-state index contributed by atoms with van der Waals surface area (Å²) in [5.41, 5.74) is 13.4. The summed E-state index contributed by atoms with van der Waals surface area (Å²) >= 11 is 7.33. The number of nitrogens with one attached hydrogen (secondary N) is 1. The maximum Gasteiger partial charge on any atom is 0.0591 e. The highest BCUT2D eigenvalue weighted by atomic mass is 79.9. The van der Waals surface area contributed by atoms with Crippen LogP contribution in [0.1, 0.15) is 26.2 Å². The Morgan fingerprint density at radius 3 is 3.00 bits per heavy atom. The summed E-state index contributed by atoms with van der Waals surface area (Å²) in [6, 6.07) is 0. The van der Waals surface area contributed by atoms with Crippen molar-refractivity contribution in [3.63, 3.8) is 0 Å². The van der Waals surface area contributed by atoms with E-state index in [2.05, 4.69) is 62.3 Å². The third kappa shape index (κ3) is 2.26. The summed E-state index contributed by atoms with van der Waals surface area (Å²) in [5, 5.41) is 4.45. The SMILES string of the molecule is CCC1=C2C=C(CC3(N)CC(=C/CBr)/C3=C\CN2)[C@@H]1Br. The zero-order chi connectivity index (χ0) is 14.3. The number of fused-ring (bicyclic) bond motifs is 2. The largest absolute Gasteiger partial charge is 0.382 e. The van der Waals surface area contributed by atoms with E-state index in [0.29, 0.717) is 4.83 Å². The van der Waals surface area contributed by atoms with Gasteiger partial charge in [0, 0.05) is 23.1 Å². The van der Waals surface area contributed by atoms with Crippen LogP contribution in [0.5, 0.6) is 0 Å².